The standard InChI is InChI=1S/C12H15NO3S2/c14-12(13-10-4-2-1-3-5-10)8-17-11-6-7-18(15,16)9-11/h1-5,11H,6-9H2,(H,13,14)/t11-/m0/s1. The highest BCUT2D eigenvalue weighted by Crippen LogP contribution is 2.24. The van der Waals surface area contributed by atoms with Crippen LogP contribution in [0.15, 0.2) is 30.3 Å². The number of anilines is 1. The molecule has 0 bridgehead atoms. The van der Waals surface area contributed by atoms with Gasteiger partial charge in [-0.25, -0.2) is 8.42 Å². The molecule has 0 radical (unpaired) electrons. The molecule has 1 heterocycles. The summed E-state index contributed by atoms with van der Waals surface area (Å²) in [5, 5.41) is 2.84. The van der Waals surface area contributed by atoms with Gasteiger partial charge >= 0.3 is 0 Å². The van der Waals surface area contributed by atoms with Gasteiger partial charge in [-0.15, -0.1) is 11.8 Å². The first-order chi connectivity index (χ1) is 8.55. The Labute approximate surface area is 111 Å². The van der Waals surface area contributed by atoms with E-state index in [4.69, 9.17) is 0 Å². The van der Waals surface area contributed by atoms with Crippen molar-refractivity contribution in [3.63, 3.8) is 0 Å². The summed E-state index contributed by atoms with van der Waals surface area (Å²) in [5.74, 6) is 0.673. The molecule has 0 saturated carbocycles. The summed E-state index contributed by atoms with van der Waals surface area (Å²) in [6.07, 6.45) is 0.658. The zero-order chi connectivity index (χ0) is 13.0. The number of benzene rings is 1. The number of carbonyl (C=O) groups excluding carboxylic acids is 1. The molecule has 0 unspecified atom stereocenters. The average molecular weight is 285 g/mol. The van der Waals surface area contributed by atoms with Crippen LogP contribution in [-0.4, -0.2) is 36.8 Å². The van der Waals surface area contributed by atoms with Gasteiger partial charge in [0.05, 0.1) is 17.3 Å². The Bertz CT molecular complexity index is 513. The van der Waals surface area contributed by atoms with Crippen LogP contribution in [0.5, 0.6) is 0 Å². The molecule has 1 N–H and O–H groups in total. The van der Waals surface area contributed by atoms with Crippen molar-refractivity contribution in [2.45, 2.75) is 11.7 Å². The zero-order valence-electron chi connectivity index (χ0n) is 9.83. The number of sulfone groups is 1. The highest BCUT2D eigenvalue weighted by atomic mass is 32.2. The maximum atomic E-state index is 11.6. The van der Waals surface area contributed by atoms with Crippen molar-refractivity contribution in [2.24, 2.45) is 0 Å². The van der Waals surface area contributed by atoms with E-state index in [2.05, 4.69) is 5.32 Å². The molecule has 1 aliphatic rings. The molecular weight excluding hydrogens is 270 g/mol. The van der Waals surface area contributed by atoms with Crippen LogP contribution in [0.4, 0.5) is 5.69 Å². The molecule has 1 saturated heterocycles. The number of para-hydroxylation sites is 1. The first kappa shape index (κ1) is 13.4. The molecule has 18 heavy (non-hydrogen) atoms. The number of thioether (sulfide) groups is 1. The molecule has 0 aliphatic carbocycles. The highest BCUT2D eigenvalue weighted by molar-refractivity contribution is 8.02. The lowest BCUT2D eigenvalue weighted by atomic mass is 10.3. The van der Waals surface area contributed by atoms with Gasteiger partial charge in [0.2, 0.25) is 5.91 Å². The van der Waals surface area contributed by atoms with Crippen molar-refractivity contribution in [1.82, 2.24) is 0 Å². The Hall–Kier alpha value is -1.01. The lowest BCUT2D eigenvalue weighted by Gasteiger charge is -2.08. The summed E-state index contributed by atoms with van der Waals surface area (Å²) < 4.78 is 22.5. The van der Waals surface area contributed by atoms with Crippen LogP contribution in [0.25, 0.3) is 0 Å². The first-order valence-electron chi connectivity index (χ1n) is 5.72. The number of hydrogen-bond acceptors (Lipinski definition) is 4. The van der Waals surface area contributed by atoms with E-state index in [0.717, 1.165) is 5.69 Å². The summed E-state index contributed by atoms with van der Waals surface area (Å²) in [6, 6.07) is 9.23. The van der Waals surface area contributed by atoms with Crippen molar-refractivity contribution in [2.75, 3.05) is 22.6 Å². The fourth-order valence-electron chi connectivity index (χ4n) is 1.80. The minimum absolute atomic E-state index is 0.0662. The Morgan fingerprint density at radius 1 is 1.33 bits per heavy atom. The van der Waals surface area contributed by atoms with Gasteiger partial charge < -0.3 is 5.32 Å². The second kappa shape index (κ2) is 5.75. The van der Waals surface area contributed by atoms with E-state index >= 15 is 0 Å². The van der Waals surface area contributed by atoms with Crippen LogP contribution in [-0.2, 0) is 14.6 Å². The van der Waals surface area contributed by atoms with Gasteiger partial charge in [0.1, 0.15) is 0 Å². The van der Waals surface area contributed by atoms with Crippen molar-refractivity contribution >= 4 is 33.2 Å². The fraction of sp³-hybridized carbons (Fsp3) is 0.417. The lowest BCUT2D eigenvalue weighted by molar-refractivity contribution is -0.113. The smallest absolute Gasteiger partial charge is 0.234 e. The SMILES string of the molecule is O=C(CS[C@H]1CCS(=O)(=O)C1)Nc1ccccc1. The van der Waals surface area contributed by atoms with Crippen LogP contribution in [0, 0.1) is 0 Å². The third-order valence-electron chi connectivity index (χ3n) is 2.70. The van der Waals surface area contributed by atoms with Crippen LogP contribution in [0.3, 0.4) is 0 Å². The third kappa shape index (κ3) is 4.03. The Morgan fingerprint density at radius 3 is 2.67 bits per heavy atom. The van der Waals surface area contributed by atoms with E-state index in [0.29, 0.717) is 12.2 Å². The predicted molar refractivity (Wildman–Crippen MR) is 74.6 cm³/mol. The molecule has 6 heteroatoms. The molecule has 98 valence electrons. The van der Waals surface area contributed by atoms with E-state index in [1.54, 1.807) is 0 Å². The van der Waals surface area contributed by atoms with Crippen LogP contribution in [0.2, 0.25) is 0 Å². The Morgan fingerprint density at radius 2 is 2.06 bits per heavy atom. The molecule has 0 aromatic heterocycles. The highest BCUT2D eigenvalue weighted by Gasteiger charge is 2.28. The summed E-state index contributed by atoms with van der Waals surface area (Å²) in [4.78, 5) is 11.6. The average Bonchev–Trinajstić information content (AvgIpc) is 2.68. The van der Waals surface area contributed by atoms with Gasteiger partial charge in [0.25, 0.3) is 0 Å². The second-order valence-corrected chi connectivity index (χ2v) is 7.77. The molecule has 1 amide bonds. The molecule has 1 fully saturated rings. The maximum Gasteiger partial charge on any atom is 0.234 e. The lowest BCUT2D eigenvalue weighted by Crippen LogP contribution is -2.17. The van der Waals surface area contributed by atoms with Crippen molar-refractivity contribution in [3.8, 4) is 0 Å². The second-order valence-electron chi connectivity index (χ2n) is 4.25. The maximum absolute atomic E-state index is 11.6. The molecule has 0 spiro atoms. The Kier molecular flexibility index (Phi) is 4.29. The first-order valence-corrected chi connectivity index (χ1v) is 8.59. The monoisotopic (exact) mass is 285 g/mol. The molecule has 1 aromatic rings. The van der Waals surface area contributed by atoms with Gasteiger partial charge in [-0.2, -0.15) is 0 Å². The number of carbonyl (C=O) groups is 1. The van der Waals surface area contributed by atoms with Gasteiger partial charge in [-0.1, -0.05) is 18.2 Å². The normalized spacial score (nSPS) is 21.7. The van der Waals surface area contributed by atoms with Crippen molar-refractivity contribution in [3.05, 3.63) is 30.3 Å². The summed E-state index contributed by atoms with van der Waals surface area (Å²) in [6.45, 7) is 0. The number of rotatable bonds is 4. The van der Waals surface area contributed by atoms with Gasteiger partial charge in [-0.3, -0.25) is 4.79 Å². The van der Waals surface area contributed by atoms with Gasteiger partial charge in [0.15, 0.2) is 9.84 Å². The van der Waals surface area contributed by atoms with Crippen LogP contribution >= 0.6 is 11.8 Å². The molecule has 1 atom stereocenters. The zero-order valence-corrected chi connectivity index (χ0v) is 11.5. The minimum Gasteiger partial charge on any atom is -0.325 e. The Balaban J connectivity index is 1.76. The summed E-state index contributed by atoms with van der Waals surface area (Å²) in [7, 11) is -2.85. The largest absolute Gasteiger partial charge is 0.325 e. The van der Waals surface area contributed by atoms with E-state index in [-0.39, 0.29) is 22.7 Å². The molecular formula is C12H15NO3S2. The quantitative estimate of drug-likeness (QED) is 0.911. The number of amides is 1. The van der Waals surface area contributed by atoms with Gasteiger partial charge in [0, 0.05) is 10.9 Å². The van der Waals surface area contributed by atoms with E-state index in [1.165, 1.54) is 11.8 Å². The van der Waals surface area contributed by atoms with Crippen LogP contribution in [0.1, 0.15) is 6.42 Å². The number of hydrogen-bond donors (Lipinski definition) is 1. The van der Waals surface area contributed by atoms with Gasteiger partial charge in [-0.05, 0) is 18.6 Å². The summed E-state index contributed by atoms with van der Waals surface area (Å²) >= 11 is 1.42. The number of nitrogens with one attached hydrogen (secondary N) is 1. The van der Waals surface area contributed by atoms with E-state index in [9.17, 15) is 13.2 Å². The molecule has 2 rings (SSSR count). The molecule has 1 aromatic carbocycles. The molecule has 4 nitrogen and oxygen atoms in total. The molecule has 1 aliphatic heterocycles. The minimum atomic E-state index is -2.85. The fourth-order valence-corrected chi connectivity index (χ4v) is 5.25. The third-order valence-corrected chi connectivity index (χ3v) is 5.98. The van der Waals surface area contributed by atoms with Crippen molar-refractivity contribution < 1.29 is 13.2 Å². The van der Waals surface area contributed by atoms with E-state index < -0.39 is 9.84 Å². The predicted octanol–water partition coefficient (Wildman–Crippen LogP) is 1.55. The summed E-state index contributed by atoms with van der Waals surface area (Å²) in [5.41, 5.74) is 0.766. The van der Waals surface area contributed by atoms with Crippen molar-refractivity contribution in [1.29, 1.82) is 0 Å². The van der Waals surface area contributed by atoms with E-state index in [1.807, 2.05) is 30.3 Å². The topological polar surface area (TPSA) is 63.2 Å². The van der Waals surface area contributed by atoms with Crippen LogP contribution < -0.4 is 5.32 Å².